The summed E-state index contributed by atoms with van der Waals surface area (Å²) in [6.07, 6.45) is 9.09. The molecule has 1 fully saturated rings. The molecule has 0 saturated carbocycles. The van der Waals surface area contributed by atoms with Crippen molar-refractivity contribution in [1.29, 1.82) is 0 Å². The Bertz CT molecular complexity index is 126. The molecule has 1 aliphatic rings. The first-order chi connectivity index (χ1) is 8.12. The quantitative estimate of drug-likeness (QED) is 0.548. The third-order valence-electron chi connectivity index (χ3n) is 2.96. The van der Waals surface area contributed by atoms with Crippen LogP contribution >= 0.6 is 0 Å². The van der Waals surface area contributed by atoms with Crippen LogP contribution < -0.4 is 0 Å². The van der Waals surface area contributed by atoms with Crippen molar-refractivity contribution in [3.63, 3.8) is 0 Å². The Labute approximate surface area is 109 Å². The number of hydrogen-bond acceptors (Lipinski definition) is 2. The van der Waals surface area contributed by atoms with Gasteiger partial charge in [-0.3, -0.25) is 0 Å². The van der Waals surface area contributed by atoms with E-state index in [0.29, 0.717) is 0 Å². The molecule has 0 aromatic carbocycles. The molecular weight excluding hydrogens is 210 g/mol. The van der Waals surface area contributed by atoms with Crippen molar-refractivity contribution in [3.05, 3.63) is 0 Å². The normalized spacial score (nSPS) is 16.3. The average Bonchev–Trinajstić information content (AvgIpc) is 2.32. The lowest BCUT2D eigenvalue weighted by atomic mass is 10.00. The number of rotatable bonds is 3. The smallest absolute Gasteiger partial charge is 0.116 e. The van der Waals surface area contributed by atoms with Crippen molar-refractivity contribution in [2.24, 2.45) is 5.92 Å². The zero-order valence-electron chi connectivity index (χ0n) is 12.7. The molecule has 0 radical (unpaired) electrons. The minimum Gasteiger partial charge on any atom is -0.306 e. The minimum atomic E-state index is 0.750. The fourth-order valence-electron chi connectivity index (χ4n) is 1.64. The van der Waals surface area contributed by atoms with Gasteiger partial charge in [0.1, 0.15) is 6.29 Å². The van der Waals surface area contributed by atoms with E-state index in [4.69, 9.17) is 4.79 Å². The summed E-state index contributed by atoms with van der Waals surface area (Å²) in [6.45, 7) is 10.9. The lowest BCUT2D eigenvalue weighted by Gasteiger charge is -2.26. The van der Waals surface area contributed by atoms with Gasteiger partial charge in [-0.1, -0.05) is 46.5 Å². The number of nitrogens with zero attached hydrogens (tertiary/aromatic N) is 1. The molecule has 0 aromatic rings. The maximum atomic E-state index is 8.81. The van der Waals surface area contributed by atoms with Crippen LogP contribution in [0.25, 0.3) is 0 Å². The average molecular weight is 243 g/mol. The maximum absolute atomic E-state index is 8.81. The van der Waals surface area contributed by atoms with Crippen LogP contribution in [0.2, 0.25) is 0 Å². The van der Waals surface area contributed by atoms with Crippen LogP contribution in [0.3, 0.4) is 0 Å². The van der Waals surface area contributed by atoms with Gasteiger partial charge in [-0.15, -0.1) is 0 Å². The van der Waals surface area contributed by atoms with Crippen LogP contribution in [0.15, 0.2) is 0 Å². The molecule has 104 valence electrons. The summed E-state index contributed by atoms with van der Waals surface area (Å²) >= 11 is 0. The zero-order valence-corrected chi connectivity index (χ0v) is 12.7. The molecule has 0 atom stereocenters. The van der Waals surface area contributed by atoms with Crippen LogP contribution in [0.1, 0.15) is 66.2 Å². The van der Waals surface area contributed by atoms with Crippen LogP contribution in [0.4, 0.5) is 0 Å². The molecule has 2 heteroatoms. The number of hydrogen-bond donors (Lipinski definition) is 0. The molecule has 1 heterocycles. The maximum Gasteiger partial charge on any atom is 0.116 e. The van der Waals surface area contributed by atoms with Gasteiger partial charge in [-0.2, -0.15) is 0 Å². The van der Waals surface area contributed by atoms with Crippen molar-refractivity contribution in [2.75, 3.05) is 20.1 Å². The second-order valence-corrected chi connectivity index (χ2v) is 4.93. The molecule has 0 aliphatic carbocycles. The first-order valence-electron chi connectivity index (χ1n) is 7.20. The third kappa shape index (κ3) is 18.2. The Morgan fingerprint density at radius 1 is 1.12 bits per heavy atom. The van der Waals surface area contributed by atoms with Gasteiger partial charge < -0.3 is 9.69 Å². The van der Waals surface area contributed by atoms with E-state index >= 15 is 0 Å². The van der Waals surface area contributed by atoms with Crippen LogP contribution in [0, 0.1) is 5.92 Å². The Hall–Kier alpha value is -0.370. The molecule has 0 N–H and O–H groups in total. The minimum absolute atomic E-state index is 0.750. The molecule has 1 saturated heterocycles. The summed E-state index contributed by atoms with van der Waals surface area (Å²) < 4.78 is 0. The molecule has 0 aromatic heterocycles. The van der Waals surface area contributed by atoms with E-state index in [-0.39, 0.29) is 0 Å². The molecule has 1 rings (SSSR count). The summed E-state index contributed by atoms with van der Waals surface area (Å²) in [5.74, 6) is 0.978. The second kappa shape index (κ2) is 15.6. The first kappa shape index (κ1) is 19.0. The molecular formula is C15H33NO. The lowest BCUT2D eigenvalue weighted by Crippen LogP contribution is -2.28. The standard InChI is InChI=1S/C7H15N.C6H14.C2H4O/c1-7-3-5-8(2)6-4-7;1-3-5-6-4-2;1-2-3/h7H,3-6H2,1-2H3;3-6H2,1-2H3;2H,1H3. The molecule has 0 amide bonds. The van der Waals surface area contributed by atoms with Crippen LogP contribution in [-0.2, 0) is 4.79 Å². The molecule has 0 bridgehead atoms. The number of carbonyl (C=O) groups is 1. The van der Waals surface area contributed by atoms with E-state index in [1.54, 1.807) is 0 Å². The Kier molecular flexibility index (Phi) is 17.5. The fourth-order valence-corrected chi connectivity index (χ4v) is 1.64. The van der Waals surface area contributed by atoms with Gasteiger partial charge in [-0.05, 0) is 45.8 Å². The first-order valence-corrected chi connectivity index (χ1v) is 7.20. The van der Waals surface area contributed by atoms with Crippen LogP contribution in [-0.4, -0.2) is 31.3 Å². The number of aldehydes is 1. The van der Waals surface area contributed by atoms with Crippen molar-refractivity contribution in [2.45, 2.75) is 66.2 Å². The summed E-state index contributed by atoms with van der Waals surface area (Å²) in [7, 11) is 2.20. The zero-order chi connectivity index (χ0) is 13.5. The van der Waals surface area contributed by atoms with Crippen molar-refractivity contribution < 1.29 is 4.79 Å². The monoisotopic (exact) mass is 243 g/mol. The predicted octanol–water partition coefficient (Wildman–Crippen LogP) is 4.14. The Balaban J connectivity index is 0. The molecule has 0 unspecified atom stereocenters. The summed E-state index contributed by atoms with van der Waals surface area (Å²) in [4.78, 5) is 11.2. The molecule has 17 heavy (non-hydrogen) atoms. The van der Waals surface area contributed by atoms with E-state index in [2.05, 4.69) is 32.7 Å². The van der Waals surface area contributed by atoms with Crippen LogP contribution in [0.5, 0.6) is 0 Å². The van der Waals surface area contributed by atoms with Gasteiger partial charge in [0, 0.05) is 0 Å². The van der Waals surface area contributed by atoms with Crippen molar-refractivity contribution in [3.8, 4) is 0 Å². The second-order valence-electron chi connectivity index (χ2n) is 4.93. The van der Waals surface area contributed by atoms with Gasteiger partial charge in [0.15, 0.2) is 0 Å². The van der Waals surface area contributed by atoms with Gasteiger partial charge in [0.2, 0.25) is 0 Å². The van der Waals surface area contributed by atoms with Gasteiger partial charge in [0.05, 0.1) is 0 Å². The molecule has 1 aliphatic heterocycles. The summed E-state index contributed by atoms with van der Waals surface area (Å²) in [5.41, 5.74) is 0. The highest BCUT2D eigenvalue weighted by Gasteiger charge is 2.10. The third-order valence-corrected chi connectivity index (χ3v) is 2.96. The molecule has 2 nitrogen and oxygen atoms in total. The highest BCUT2D eigenvalue weighted by Crippen LogP contribution is 2.13. The van der Waals surface area contributed by atoms with Crippen molar-refractivity contribution >= 4 is 6.29 Å². The van der Waals surface area contributed by atoms with Gasteiger partial charge in [-0.25, -0.2) is 0 Å². The highest BCUT2D eigenvalue weighted by atomic mass is 16.1. The van der Waals surface area contributed by atoms with Gasteiger partial charge >= 0.3 is 0 Å². The van der Waals surface area contributed by atoms with Gasteiger partial charge in [0.25, 0.3) is 0 Å². The number of piperidine rings is 1. The number of unbranched alkanes of at least 4 members (excludes halogenated alkanes) is 3. The topological polar surface area (TPSA) is 20.3 Å². The summed E-state index contributed by atoms with van der Waals surface area (Å²) in [5, 5.41) is 0. The van der Waals surface area contributed by atoms with E-state index in [0.717, 1.165) is 12.2 Å². The fraction of sp³-hybridized carbons (Fsp3) is 0.933. The van der Waals surface area contributed by atoms with E-state index < -0.39 is 0 Å². The Morgan fingerprint density at radius 3 is 1.71 bits per heavy atom. The SMILES string of the molecule is CC1CCN(C)CC1.CC=O.CCCCCC. The number of carbonyl (C=O) groups excluding carboxylic acids is 1. The number of likely N-dealkylation sites (tertiary alicyclic amines) is 1. The largest absolute Gasteiger partial charge is 0.306 e. The van der Waals surface area contributed by atoms with E-state index in [1.807, 2.05) is 0 Å². The molecule has 0 spiro atoms. The highest BCUT2D eigenvalue weighted by molar-refractivity contribution is 5.44. The Morgan fingerprint density at radius 2 is 1.47 bits per heavy atom. The summed E-state index contributed by atoms with van der Waals surface area (Å²) in [6, 6.07) is 0. The van der Waals surface area contributed by atoms with Crippen molar-refractivity contribution in [1.82, 2.24) is 4.90 Å². The van der Waals surface area contributed by atoms with E-state index in [9.17, 15) is 0 Å². The lowest BCUT2D eigenvalue weighted by molar-refractivity contribution is -0.106. The van der Waals surface area contributed by atoms with E-state index in [1.165, 1.54) is 58.5 Å². The predicted molar refractivity (Wildman–Crippen MR) is 77.4 cm³/mol.